The quantitative estimate of drug-likeness (QED) is 0.349. The van der Waals surface area contributed by atoms with E-state index in [9.17, 15) is 9.59 Å². The smallest absolute Gasteiger partial charge is 0.278 e. The molecule has 0 atom stereocenters. The molecule has 0 unspecified atom stereocenters. The van der Waals surface area contributed by atoms with E-state index in [4.69, 9.17) is 16.0 Å². The third-order valence-electron chi connectivity index (χ3n) is 5.92. The summed E-state index contributed by atoms with van der Waals surface area (Å²) in [5, 5.41) is 4.31. The number of hydrogen-bond donors (Lipinski definition) is 1. The van der Waals surface area contributed by atoms with Crippen LogP contribution in [-0.2, 0) is 7.05 Å². The molecule has 3 heterocycles. The molecule has 2 aromatic carbocycles. The summed E-state index contributed by atoms with van der Waals surface area (Å²) in [5.41, 5.74) is 5.05. The van der Waals surface area contributed by atoms with E-state index >= 15 is 0 Å². The molecular formula is C27H21ClN4O3. The molecule has 0 fully saturated rings. The molecule has 1 amide bonds. The van der Waals surface area contributed by atoms with Crippen LogP contribution in [0.25, 0.3) is 33.4 Å². The van der Waals surface area contributed by atoms with E-state index in [-0.39, 0.29) is 11.3 Å². The maximum Gasteiger partial charge on any atom is 0.278 e. The maximum absolute atomic E-state index is 13.2. The van der Waals surface area contributed by atoms with Crippen LogP contribution >= 0.6 is 11.6 Å². The van der Waals surface area contributed by atoms with Crippen LogP contribution in [0.2, 0.25) is 5.02 Å². The summed E-state index contributed by atoms with van der Waals surface area (Å²) in [6, 6.07) is 16.1. The zero-order valence-electron chi connectivity index (χ0n) is 19.3. The molecule has 5 rings (SSSR count). The first-order valence-electron chi connectivity index (χ1n) is 10.9. The standard InChI is InChI=1S/C27H21ClN4O3/c1-15-4-9-20(31-26(33)24-25(35-14-30-24)17-5-7-19(28)8-6-17)12-21(15)22-11-18-13-29-16(2)10-23(18)32(3)27(22)34/h4-14H,1-3H3,(H,31,33). The number of anilines is 1. The van der Waals surface area contributed by atoms with Crippen molar-refractivity contribution in [2.45, 2.75) is 13.8 Å². The van der Waals surface area contributed by atoms with Crippen molar-refractivity contribution in [1.29, 1.82) is 0 Å². The SMILES string of the molecule is Cc1cc2c(cn1)cc(-c1cc(NC(=O)c3ncoc3-c3ccc(Cl)cc3)ccc1C)c(=O)n2C. The molecule has 0 aliphatic heterocycles. The van der Waals surface area contributed by atoms with Gasteiger partial charge in [-0.15, -0.1) is 0 Å². The minimum absolute atomic E-state index is 0.129. The first-order valence-corrected chi connectivity index (χ1v) is 11.3. The number of oxazole rings is 1. The van der Waals surface area contributed by atoms with Crippen LogP contribution in [0.5, 0.6) is 0 Å². The maximum atomic E-state index is 13.2. The van der Waals surface area contributed by atoms with E-state index in [0.29, 0.717) is 27.6 Å². The topological polar surface area (TPSA) is 90.0 Å². The van der Waals surface area contributed by atoms with E-state index < -0.39 is 5.91 Å². The molecule has 35 heavy (non-hydrogen) atoms. The predicted octanol–water partition coefficient (Wildman–Crippen LogP) is 5.78. The monoisotopic (exact) mass is 484 g/mol. The van der Waals surface area contributed by atoms with Gasteiger partial charge in [0.25, 0.3) is 11.5 Å². The highest BCUT2D eigenvalue weighted by atomic mass is 35.5. The molecule has 0 radical (unpaired) electrons. The second kappa shape index (κ2) is 8.85. The third kappa shape index (κ3) is 4.22. The summed E-state index contributed by atoms with van der Waals surface area (Å²) < 4.78 is 7.10. The van der Waals surface area contributed by atoms with Crippen LogP contribution in [0.4, 0.5) is 5.69 Å². The van der Waals surface area contributed by atoms with Gasteiger partial charge < -0.3 is 14.3 Å². The van der Waals surface area contributed by atoms with Gasteiger partial charge in [-0.1, -0.05) is 17.7 Å². The Bertz CT molecular complexity index is 1650. The second-order valence-corrected chi connectivity index (χ2v) is 8.76. The van der Waals surface area contributed by atoms with Gasteiger partial charge in [-0.05, 0) is 73.5 Å². The highest BCUT2D eigenvalue weighted by Gasteiger charge is 2.19. The summed E-state index contributed by atoms with van der Waals surface area (Å²) in [7, 11) is 1.75. The zero-order chi connectivity index (χ0) is 24.7. The van der Waals surface area contributed by atoms with Crippen LogP contribution in [0.15, 0.2) is 76.4 Å². The Morgan fingerprint density at radius 2 is 1.77 bits per heavy atom. The second-order valence-electron chi connectivity index (χ2n) is 8.33. The number of rotatable bonds is 4. The van der Waals surface area contributed by atoms with Gasteiger partial charge in [0.05, 0.1) is 5.52 Å². The normalized spacial score (nSPS) is 11.1. The molecule has 0 aliphatic carbocycles. The van der Waals surface area contributed by atoms with E-state index in [1.54, 1.807) is 54.2 Å². The van der Waals surface area contributed by atoms with E-state index in [1.165, 1.54) is 6.39 Å². The Morgan fingerprint density at radius 1 is 1.00 bits per heavy atom. The van der Waals surface area contributed by atoms with E-state index in [1.807, 2.05) is 32.0 Å². The highest BCUT2D eigenvalue weighted by molar-refractivity contribution is 6.30. The van der Waals surface area contributed by atoms with Crippen molar-refractivity contribution < 1.29 is 9.21 Å². The van der Waals surface area contributed by atoms with Crippen LogP contribution in [0.1, 0.15) is 21.7 Å². The van der Waals surface area contributed by atoms with Gasteiger partial charge in [-0.2, -0.15) is 0 Å². The van der Waals surface area contributed by atoms with Crippen molar-refractivity contribution in [2.24, 2.45) is 7.05 Å². The highest BCUT2D eigenvalue weighted by Crippen LogP contribution is 2.29. The average molecular weight is 485 g/mol. The Morgan fingerprint density at radius 3 is 2.54 bits per heavy atom. The number of hydrogen-bond acceptors (Lipinski definition) is 5. The van der Waals surface area contributed by atoms with Crippen molar-refractivity contribution in [3.05, 3.63) is 99.5 Å². The van der Waals surface area contributed by atoms with Crippen molar-refractivity contribution in [1.82, 2.24) is 14.5 Å². The number of carbonyl (C=O) groups excluding carboxylic acids is 1. The Labute approximate surface area is 206 Å². The Kier molecular flexibility index (Phi) is 5.70. The molecule has 0 aliphatic rings. The van der Waals surface area contributed by atoms with Crippen molar-refractivity contribution in [3.63, 3.8) is 0 Å². The fraction of sp³-hybridized carbons (Fsp3) is 0.111. The number of carbonyl (C=O) groups is 1. The minimum atomic E-state index is -0.426. The number of benzene rings is 2. The first kappa shape index (κ1) is 22.6. The Hall–Kier alpha value is -4.23. The van der Waals surface area contributed by atoms with Gasteiger partial charge in [0, 0.05) is 46.2 Å². The summed E-state index contributed by atoms with van der Waals surface area (Å²) >= 11 is 5.97. The molecule has 0 bridgehead atoms. The zero-order valence-corrected chi connectivity index (χ0v) is 20.1. The van der Waals surface area contributed by atoms with Crippen LogP contribution in [0, 0.1) is 13.8 Å². The molecular weight excluding hydrogens is 464 g/mol. The number of nitrogens with zero attached hydrogens (tertiary/aromatic N) is 3. The number of aryl methyl sites for hydroxylation is 3. The summed E-state index contributed by atoms with van der Waals surface area (Å²) in [6.07, 6.45) is 2.99. The molecule has 0 spiro atoms. The van der Waals surface area contributed by atoms with Crippen molar-refractivity contribution in [2.75, 3.05) is 5.32 Å². The molecule has 0 saturated heterocycles. The fourth-order valence-electron chi connectivity index (χ4n) is 4.05. The van der Waals surface area contributed by atoms with Crippen molar-refractivity contribution >= 4 is 34.1 Å². The van der Waals surface area contributed by atoms with Gasteiger partial charge in [0.15, 0.2) is 17.8 Å². The van der Waals surface area contributed by atoms with Crippen LogP contribution < -0.4 is 10.9 Å². The van der Waals surface area contributed by atoms with E-state index in [0.717, 1.165) is 27.7 Å². The molecule has 5 aromatic rings. The van der Waals surface area contributed by atoms with E-state index in [2.05, 4.69) is 15.3 Å². The molecule has 3 aromatic heterocycles. The fourth-order valence-corrected chi connectivity index (χ4v) is 4.18. The van der Waals surface area contributed by atoms with Gasteiger partial charge in [-0.3, -0.25) is 14.6 Å². The summed E-state index contributed by atoms with van der Waals surface area (Å²) in [5.74, 6) is -0.0812. The predicted molar refractivity (Wildman–Crippen MR) is 137 cm³/mol. The van der Waals surface area contributed by atoms with Crippen LogP contribution in [-0.4, -0.2) is 20.4 Å². The molecule has 0 saturated carbocycles. The lowest BCUT2D eigenvalue weighted by Crippen LogP contribution is -2.19. The van der Waals surface area contributed by atoms with Gasteiger partial charge in [0.2, 0.25) is 0 Å². The minimum Gasteiger partial charge on any atom is -0.443 e. The van der Waals surface area contributed by atoms with Gasteiger partial charge in [0.1, 0.15) is 0 Å². The summed E-state index contributed by atoms with van der Waals surface area (Å²) in [6.45, 7) is 3.82. The lowest BCUT2D eigenvalue weighted by molar-refractivity contribution is 0.102. The average Bonchev–Trinajstić information content (AvgIpc) is 3.34. The van der Waals surface area contributed by atoms with Crippen molar-refractivity contribution in [3.8, 4) is 22.5 Å². The number of halogens is 1. The Balaban J connectivity index is 1.51. The number of nitrogens with one attached hydrogen (secondary N) is 1. The molecule has 1 N–H and O–H groups in total. The van der Waals surface area contributed by atoms with Crippen LogP contribution in [0.3, 0.4) is 0 Å². The molecule has 7 nitrogen and oxygen atoms in total. The van der Waals surface area contributed by atoms with Gasteiger partial charge >= 0.3 is 0 Å². The first-order chi connectivity index (χ1) is 16.8. The third-order valence-corrected chi connectivity index (χ3v) is 6.17. The molecule has 8 heteroatoms. The largest absolute Gasteiger partial charge is 0.443 e. The number of fused-ring (bicyclic) bond motifs is 1. The number of pyridine rings is 2. The summed E-state index contributed by atoms with van der Waals surface area (Å²) in [4.78, 5) is 34.7. The van der Waals surface area contributed by atoms with Gasteiger partial charge in [-0.25, -0.2) is 4.98 Å². The lowest BCUT2D eigenvalue weighted by atomic mass is 9.99. The molecule has 174 valence electrons. The lowest BCUT2D eigenvalue weighted by Gasteiger charge is -2.13. The number of aromatic nitrogens is 3. The number of amides is 1.